The van der Waals surface area contributed by atoms with Gasteiger partial charge in [0, 0.05) is 12.1 Å². The van der Waals surface area contributed by atoms with Gasteiger partial charge in [0.15, 0.2) is 0 Å². The monoisotopic (exact) mass is 375 g/mol. The van der Waals surface area contributed by atoms with Gasteiger partial charge in [0.05, 0.1) is 12.0 Å². The Morgan fingerprint density at radius 1 is 1.23 bits per heavy atom. The lowest BCUT2D eigenvalue weighted by molar-refractivity contribution is -0.136. The topological polar surface area (TPSA) is 70.8 Å². The second-order valence-corrected chi connectivity index (χ2v) is 7.38. The molecule has 1 heterocycles. The minimum Gasteiger partial charge on any atom is -0.478 e. The molecule has 1 aromatic carbocycles. The first-order chi connectivity index (χ1) is 12.3. The van der Waals surface area contributed by atoms with Crippen LogP contribution in [0.15, 0.2) is 34.7 Å². The maximum absolute atomic E-state index is 13.3. The molecule has 0 radical (unpaired) electrons. The van der Waals surface area contributed by atoms with Gasteiger partial charge < -0.3 is 14.4 Å². The molecule has 1 aliphatic rings. The van der Waals surface area contributed by atoms with Gasteiger partial charge in [-0.1, -0.05) is 36.6 Å². The average molecular weight is 376 g/mol. The molecule has 0 atom stereocenters. The highest BCUT2D eigenvalue weighted by atomic mass is 35.5. The lowest BCUT2D eigenvalue weighted by Crippen LogP contribution is -2.43. The van der Waals surface area contributed by atoms with E-state index in [9.17, 15) is 9.59 Å². The quantitative estimate of drug-likeness (QED) is 0.840. The third kappa shape index (κ3) is 3.36. The predicted octanol–water partition coefficient (Wildman–Crippen LogP) is 4.41. The zero-order valence-corrected chi connectivity index (χ0v) is 15.7. The summed E-state index contributed by atoms with van der Waals surface area (Å²) in [5.41, 5.74) is 0.573. The van der Waals surface area contributed by atoms with E-state index in [0.29, 0.717) is 16.5 Å². The maximum atomic E-state index is 13.3. The average Bonchev–Trinajstić information content (AvgIpc) is 3.22. The van der Waals surface area contributed by atoms with E-state index in [1.54, 1.807) is 18.9 Å². The highest BCUT2D eigenvalue weighted by Gasteiger charge is 2.44. The number of amides is 1. The summed E-state index contributed by atoms with van der Waals surface area (Å²) in [5.74, 6) is -0.176. The summed E-state index contributed by atoms with van der Waals surface area (Å²) in [7, 11) is 1.73. The van der Waals surface area contributed by atoms with Gasteiger partial charge in [-0.2, -0.15) is 0 Å². The zero-order valence-electron chi connectivity index (χ0n) is 14.9. The highest BCUT2D eigenvalue weighted by molar-refractivity contribution is 6.30. The molecule has 0 unspecified atom stereocenters. The van der Waals surface area contributed by atoms with Crippen molar-refractivity contribution in [1.82, 2.24) is 4.90 Å². The van der Waals surface area contributed by atoms with Crippen LogP contribution in [0.5, 0.6) is 0 Å². The molecule has 1 N–H and O–H groups in total. The van der Waals surface area contributed by atoms with Gasteiger partial charge in [0.1, 0.15) is 17.1 Å². The van der Waals surface area contributed by atoms with Gasteiger partial charge in [-0.3, -0.25) is 4.79 Å². The number of aryl methyl sites for hydroxylation is 1. The minimum absolute atomic E-state index is 0.0308. The fourth-order valence-electron chi connectivity index (χ4n) is 3.88. The summed E-state index contributed by atoms with van der Waals surface area (Å²) >= 11 is 6.00. The molecule has 0 saturated heterocycles. The molecule has 1 amide bonds. The van der Waals surface area contributed by atoms with Gasteiger partial charge >= 0.3 is 5.97 Å². The van der Waals surface area contributed by atoms with Crippen LogP contribution in [0.4, 0.5) is 0 Å². The summed E-state index contributed by atoms with van der Waals surface area (Å²) in [6, 6.07) is 8.99. The Kier molecular flexibility index (Phi) is 5.10. The SMILES string of the molecule is Cc1oc(CN(C)C(=O)C2(c3ccc(Cl)cc3)CCCC2)cc1C(=O)O. The second kappa shape index (κ2) is 7.16. The van der Waals surface area contributed by atoms with Gasteiger partial charge in [0.25, 0.3) is 0 Å². The van der Waals surface area contributed by atoms with Gasteiger partial charge in [-0.05, 0) is 43.5 Å². The molecule has 26 heavy (non-hydrogen) atoms. The lowest BCUT2D eigenvalue weighted by Gasteiger charge is -2.32. The van der Waals surface area contributed by atoms with Crippen LogP contribution in [0.1, 0.15) is 53.1 Å². The van der Waals surface area contributed by atoms with E-state index in [-0.39, 0.29) is 18.0 Å². The molecule has 0 spiro atoms. The van der Waals surface area contributed by atoms with Crippen LogP contribution < -0.4 is 0 Å². The van der Waals surface area contributed by atoms with Crippen molar-refractivity contribution in [3.05, 3.63) is 58.0 Å². The van der Waals surface area contributed by atoms with Crippen molar-refractivity contribution in [3.8, 4) is 0 Å². The Morgan fingerprint density at radius 2 is 1.85 bits per heavy atom. The van der Waals surface area contributed by atoms with Crippen molar-refractivity contribution in [2.24, 2.45) is 0 Å². The summed E-state index contributed by atoms with van der Waals surface area (Å²) in [6.45, 7) is 1.85. The minimum atomic E-state index is -1.03. The Morgan fingerprint density at radius 3 is 2.38 bits per heavy atom. The van der Waals surface area contributed by atoms with Crippen molar-refractivity contribution in [3.63, 3.8) is 0 Å². The van der Waals surface area contributed by atoms with Gasteiger partial charge in [-0.15, -0.1) is 0 Å². The number of nitrogens with zero attached hydrogens (tertiary/aromatic N) is 1. The number of aromatic carboxylic acids is 1. The third-order valence-electron chi connectivity index (χ3n) is 5.20. The molecule has 0 bridgehead atoms. The van der Waals surface area contributed by atoms with E-state index in [0.717, 1.165) is 31.2 Å². The van der Waals surface area contributed by atoms with E-state index >= 15 is 0 Å². The molecule has 1 saturated carbocycles. The first-order valence-corrected chi connectivity index (χ1v) is 9.05. The van der Waals surface area contributed by atoms with E-state index in [4.69, 9.17) is 21.1 Å². The standard InChI is InChI=1S/C20H22ClNO4/c1-13-17(18(23)24)11-16(26-13)12-22(2)19(25)20(9-3-4-10-20)14-5-7-15(21)8-6-14/h5-8,11H,3-4,9-10,12H2,1-2H3,(H,23,24). The number of carbonyl (C=O) groups excluding carboxylic acids is 1. The maximum Gasteiger partial charge on any atom is 0.339 e. The number of hydrogen-bond acceptors (Lipinski definition) is 3. The molecule has 2 aromatic rings. The van der Waals surface area contributed by atoms with Crippen molar-refractivity contribution >= 4 is 23.5 Å². The van der Waals surface area contributed by atoms with Gasteiger partial charge in [-0.25, -0.2) is 4.79 Å². The molecule has 5 nitrogen and oxygen atoms in total. The fourth-order valence-corrected chi connectivity index (χ4v) is 4.00. The summed E-state index contributed by atoms with van der Waals surface area (Å²) in [5, 5.41) is 9.80. The Hall–Kier alpha value is -2.27. The number of furan rings is 1. The Balaban J connectivity index is 1.84. The van der Waals surface area contributed by atoms with E-state index in [2.05, 4.69) is 0 Å². The first-order valence-electron chi connectivity index (χ1n) is 8.68. The summed E-state index contributed by atoms with van der Waals surface area (Å²) in [6.07, 6.45) is 3.61. The number of hydrogen-bond donors (Lipinski definition) is 1. The van der Waals surface area contributed by atoms with Crippen molar-refractivity contribution < 1.29 is 19.1 Å². The van der Waals surface area contributed by atoms with Gasteiger partial charge in [0.2, 0.25) is 5.91 Å². The smallest absolute Gasteiger partial charge is 0.339 e. The third-order valence-corrected chi connectivity index (χ3v) is 5.45. The van der Waals surface area contributed by atoms with Crippen LogP contribution in [-0.2, 0) is 16.8 Å². The number of rotatable bonds is 5. The van der Waals surface area contributed by atoms with Crippen LogP contribution in [0.25, 0.3) is 0 Å². The van der Waals surface area contributed by atoms with E-state index in [1.807, 2.05) is 24.3 Å². The predicted molar refractivity (Wildman–Crippen MR) is 98.5 cm³/mol. The summed E-state index contributed by atoms with van der Waals surface area (Å²) < 4.78 is 5.52. The number of likely N-dealkylation sites (N-methyl/N-ethyl adjacent to an activating group) is 1. The molecule has 1 aromatic heterocycles. The molecule has 6 heteroatoms. The van der Waals surface area contributed by atoms with Crippen LogP contribution in [0.2, 0.25) is 5.02 Å². The number of halogens is 1. The molecule has 1 fully saturated rings. The number of benzene rings is 1. The largest absolute Gasteiger partial charge is 0.478 e. The molecular weight excluding hydrogens is 354 g/mol. The first kappa shape index (κ1) is 18.5. The molecule has 0 aliphatic heterocycles. The summed E-state index contributed by atoms with van der Waals surface area (Å²) in [4.78, 5) is 26.1. The highest BCUT2D eigenvalue weighted by Crippen LogP contribution is 2.43. The van der Waals surface area contributed by atoms with Crippen molar-refractivity contribution in [2.75, 3.05) is 7.05 Å². The van der Waals surface area contributed by atoms with Crippen LogP contribution in [-0.4, -0.2) is 28.9 Å². The Bertz CT molecular complexity index is 819. The second-order valence-electron chi connectivity index (χ2n) is 6.95. The fraction of sp³-hybridized carbons (Fsp3) is 0.400. The molecule has 3 rings (SSSR count). The number of carboxylic acid groups (broad SMARTS) is 1. The Labute approximate surface area is 157 Å². The van der Waals surface area contributed by atoms with E-state index < -0.39 is 11.4 Å². The molecule has 1 aliphatic carbocycles. The van der Waals surface area contributed by atoms with Crippen molar-refractivity contribution in [2.45, 2.75) is 44.6 Å². The zero-order chi connectivity index (χ0) is 18.9. The molecular formula is C20H22ClNO4. The van der Waals surface area contributed by atoms with Crippen LogP contribution in [0.3, 0.4) is 0 Å². The van der Waals surface area contributed by atoms with Crippen LogP contribution >= 0.6 is 11.6 Å². The number of carboxylic acids is 1. The normalized spacial score (nSPS) is 15.8. The lowest BCUT2D eigenvalue weighted by atomic mass is 9.77. The number of carbonyl (C=O) groups is 2. The van der Waals surface area contributed by atoms with Crippen molar-refractivity contribution in [1.29, 1.82) is 0 Å². The molecule has 138 valence electrons. The van der Waals surface area contributed by atoms with Crippen LogP contribution in [0, 0.1) is 6.92 Å². The van der Waals surface area contributed by atoms with E-state index in [1.165, 1.54) is 6.07 Å².